The van der Waals surface area contributed by atoms with Gasteiger partial charge in [0, 0.05) is 22.6 Å². The van der Waals surface area contributed by atoms with Gasteiger partial charge >= 0.3 is 5.97 Å². The third-order valence-corrected chi connectivity index (χ3v) is 6.01. The number of hydrogen-bond donors (Lipinski definition) is 1. The van der Waals surface area contributed by atoms with Gasteiger partial charge in [0.05, 0.1) is 11.6 Å². The van der Waals surface area contributed by atoms with Crippen LogP contribution >= 0.6 is 15.9 Å². The van der Waals surface area contributed by atoms with E-state index in [1.54, 1.807) is 48.5 Å². The molecule has 3 aromatic carbocycles. The number of aryl methyl sites for hydroxylation is 2. The third kappa shape index (κ3) is 4.52. The normalized spacial score (nSPS) is 17.2. The predicted octanol–water partition coefficient (Wildman–Crippen LogP) is 5.62. The number of aliphatic hydroxyl groups is 1. The lowest BCUT2D eigenvalue weighted by Crippen LogP contribution is -2.29. The van der Waals surface area contributed by atoms with Crippen LogP contribution < -0.4 is 9.64 Å². The molecule has 0 spiro atoms. The Bertz CT molecular complexity index is 1320. The fraction of sp³-hybridized carbons (Fsp3) is 0.148. The zero-order valence-corrected chi connectivity index (χ0v) is 20.4. The first kappa shape index (κ1) is 23.4. The minimum absolute atomic E-state index is 0.0357. The molecule has 1 saturated heterocycles. The maximum atomic E-state index is 13.3. The molecule has 0 saturated carbocycles. The number of amides is 1. The highest BCUT2D eigenvalue weighted by atomic mass is 79.9. The van der Waals surface area contributed by atoms with Gasteiger partial charge in [-0.25, -0.2) is 0 Å². The van der Waals surface area contributed by atoms with Crippen molar-refractivity contribution in [3.63, 3.8) is 0 Å². The molecular formula is C27H22BrNO5. The number of anilines is 1. The smallest absolute Gasteiger partial charge is 0.308 e. The van der Waals surface area contributed by atoms with Crippen LogP contribution in [0, 0.1) is 13.8 Å². The van der Waals surface area contributed by atoms with E-state index >= 15 is 0 Å². The average molecular weight is 520 g/mol. The molecule has 4 rings (SSSR count). The van der Waals surface area contributed by atoms with Crippen LogP contribution in [-0.4, -0.2) is 22.8 Å². The number of esters is 1. The number of Topliss-reactive ketones (excluding diaryl/α,β-unsaturated/α-hetero) is 1. The standard InChI is InChI=1S/C27H22BrNO5/c1-15-11-16(2)13-21(12-15)29-24(19-5-4-6-22(14-19)34-17(3)30)23(26(32)27(29)33)25(31)18-7-9-20(28)10-8-18/h4-14,24,31H,1-3H3/b25-23+. The number of rotatable bonds is 4. The van der Waals surface area contributed by atoms with Crippen molar-refractivity contribution in [2.24, 2.45) is 0 Å². The van der Waals surface area contributed by atoms with Crippen LogP contribution in [0.5, 0.6) is 5.75 Å². The van der Waals surface area contributed by atoms with E-state index in [4.69, 9.17) is 4.74 Å². The van der Waals surface area contributed by atoms with E-state index in [2.05, 4.69) is 15.9 Å². The summed E-state index contributed by atoms with van der Waals surface area (Å²) in [5, 5.41) is 11.2. The third-order valence-electron chi connectivity index (χ3n) is 5.48. The Hall–Kier alpha value is -3.71. The van der Waals surface area contributed by atoms with E-state index in [9.17, 15) is 19.5 Å². The average Bonchev–Trinajstić information content (AvgIpc) is 3.03. The summed E-state index contributed by atoms with van der Waals surface area (Å²) in [5.74, 6) is -2.02. The SMILES string of the molecule is CC(=O)Oc1cccc(C2/C(=C(\O)c3ccc(Br)cc3)C(=O)C(=O)N2c2cc(C)cc(C)c2)c1. The Labute approximate surface area is 205 Å². The molecule has 1 aliphatic heterocycles. The van der Waals surface area contributed by atoms with Crippen LogP contribution in [0.4, 0.5) is 5.69 Å². The van der Waals surface area contributed by atoms with E-state index in [0.29, 0.717) is 16.8 Å². The number of ether oxygens (including phenoxy) is 1. The summed E-state index contributed by atoms with van der Waals surface area (Å²) < 4.78 is 6.04. The number of carbonyl (C=O) groups is 3. The van der Waals surface area contributed by atoms with Crippen LogP contribution in [0.2, 0.25) is 0 Å². The van der Waals surface area contributed by atoms with Crippen molar-refractivity contribution in [1.29, 1.82) is 0 Å². The van der Waals surface area contributed by atoms with Crippen molar-refractivity contribution in [3.05, 3.63) is 99.0 Å². The number of halogens is 1. The minimum Gasteiger partial charge on any atom is -0.507 e. The Morgan fingerprint density at radius 2 is 1.62 bits per heavy atom. The molecule has 1 heterocycles. The Morgan fingerprint density at radius 3 is 2.24 bits per heavy atom. The van der Waals surface area contributed by atoms with Gasteiger partial charge in [-0.05, 0) is 66.9 Å². The molecule has 1 atom stereocenters. The van der Waals surface area contributed by atoms with Gasteiger partial charge in [0.1, 0.15) is 11.5 Å². The summed E-state index contributed by atoms with van der Waals surface area (Å²) in [7, 11) is 0. The quantitative estimate of drug-likeness (QED) is 0.159. The number of benzene rings is 3. The molecular weight excluding hydrogens is 498 g/mol. The molecule has 0 radical (unpaired) electrons. The van der Waals surface area contributed by atoms with Crippen molar-refractivity contribution in [3.8, 4) is 5.75 Å². The van der Waals surface area contributed by atoms with Crippen LogP contribution in [0.15, 0.2) is 76.8 Å². The number of hydrogen-bond acceptors (Lipinski definition) is 5. The molecule has 1 fully saturated rings. The van der Waals surface area contributed by atoms with E-state index in [1.807, 2.05) is 32.0 Å². The summed E-state index contributed by atoms with van der Waals surface area (Å²) in [6.07, 6.45) is 0. The summed E-state index contributed by atoms with van der Waals surface area (Å²) in [4.78, 5) is 39.5. The van der Waals surface area contributed by atoms with Gasteiger partial charge < -0.3 is 9.84 Å². The highest BCUT2D eigenvalue weighted by molar-refractivity contribution is 9.10. The second kappa shape index (κ2) is 9.27. The first-order valence-corrected chi connectivity index (χ1v) is 11.4. The predicted molar refractivity (Wildman–Crippen MR) is 133 cm³/mol. The molecule has 1 aliphatic rings. The molecule has 6 nitrogen and oxygen atoms in total. The van der Waals surface area contributed by atoms with Gasteiger partial charge in [0.25, 0.3) is 11.7 Å². The van der Waals surface area contributed by atoms with Crippen molar-refractivity contribution in [2.75, 3.05) is 4.90 Å². The largest absolute Gasteiger partial charge is 0.507 e. The summed E-state index contributed by atoms with van der Waals surface area (Å²) in [6.45, 7) is 5.11. The summed E-state index contributed by atoms with van der Waals surface area (Å²) >= 11 is 3.36. The molecule has 172 valence electrons. The van der Waals surface area contributed by atoms with Gasteiger partial charge in [-0.3, -0.25) is 19.3 Å². The molecule has 7 heteroatoms. The van der Waals surface area contributed by atoms with Crippen LogP contribution in [0.3, 0.4) is 0 Å². The second-order valence-corrected chi connectivity index (χ2v) is 9.10. The minimum atomic E-state index is -0.916. The zero-order chi connectivity index (χ0) is 24.6. The number of aliphatic hydroxyl groups excluding tert-OH is 1. The first-order valence-electron chi connectivity index (χ1n) is 10.6. The van der Waals surface area contributed by atoms with Crippen molar-refractivity contribution < 1.29 is 24.2 Å². The summed E-state index contributed by atoms with van der Waals surface area (Å²) in [5.41, 5.74) is 3.29. The highest BCUT2D eigenvalue weighted by Crippen LogP contribution is 2.43. The Morgan fingerprint density at radius 1 is 0.971 bits per heavy atom. The second-order valence-electron chi connectivity index (χ2n) is 8.19. The van der Waals surface area contributed by atoms with Gasteiger partial charge in [-0.15, -0.1) is 0 Å². The lowest BCUT2D eigenvalue weighted by atomic mass is 9.95. The fourth-order valence-corrected chi connectivity index (χ4v) is 4.45. The van der Waals surface area contributed by atoms with Crippen LogP contribution in [-0.2, 0) is 14.4 Å². The van der Waals surface area contributed by atoms with Gasteiger partial charge in [-0.1, -0.05) is 46.3 Å². The van der Waals surface area contributed by atoms with Crippen LogP contribution in [0.1, 0.15) is 35.2 Å². The highest BCUT2D eigenvalue weighted by Gasteiger charge is 2.47. The molecule has 0 bridgehead atoms. The maximum Gasteiger partial charge on any atom is 0.308 e. The molecule has 0 aromatic heterocycles. The van der Waals surface area contributed by atoms with Gasteiger partial charge in [0.15, 0.2) is 0 Å². The lowest BCUT2D eigenvalue weighted by Gasteiger charge is -2.26. The molecule has 3 aromatic rings. The van der Waals surface area contributed by atoms with E-state index in [-0.39, 0.29) is 17.1 Å². The molecule has 1 unspecified atom stereocenters. The summed E-state index contributed by atoms with van der Waals surface area (Å²) in [6, 6.07) is 18.1. The molecule has 1 N–H and O–H groups in total. The number of nitrogens with zero attached hydrogens (tertiary/aromatic N) is 1. The van der Waals surface area contributed by atoms with Crippen LogP contribution in [0.25, 0.3) is 5.76 Å². The molecule has 34 heavy (non-hydrogen) atoms. The Kier molecular flexibility index (Phi) is 6.39. The number of carbonyl (C=O) groups excluding carboxylic acids is 3. The van der Waals surface area contributed by atoms with E-state index in [1.165, 1.54) is 11.8 Å². The van der Waals surface area contributed by atoms with E-state index < -0.39 is 23.7 Å². The monoisotopic (exact) mass is 519 g/mol. The van der Waals surface area contributed by atoms with Crippen molar-refractivity contribution in [1.82, 2.24) is 0 Å². The maximum absolute atomic E-state index is 13.3. The van der Waals surface area contributed by atoms with Gasteiger partial charge in [-0.2, -0.15) is 0 Å². The molecule has 0 aliphatic carbocycles. The Balaban J connectivity index is 1.96. The topological polar surface area (TPSA) is 83.9 Å². The lowest BCUT2D eigenvalue weighted by molar-refractivity contribution is -0.132. The van der Waals surface area contributed by atoms with Crippen molar-refractivity contribution in [2.45, 2.75) is 26.8 Å². The van der Waals surface area contributed by atoms with E-state index in [0.717, 1.165) is 15.6 Å². The van der Waals surface area contributed by atoms with Crippen molar-refractivity contribution >= 4 is 45.0 Å². The zero-order valence-electron chi connectivity index (χ0n) is 18.8. The molecule has 1 amide bonds. The fourth-order valence-electron chi connectivity index (χ4n) is 4.18. The van der Waals surface area contributed by atoms with Gasteiger partial charge in [0.2, 0.25) is 0 Å². The first-order chi connectivity index (χ1) is 16.2. The number of ketones is 1.